The molecule has 28 heavy (non-hydrogen) atoms. The molecule has 0 radical (unpaired) electrons. The van der Waals surface area contributed by atoms with Crippen LogP contribution in [0.1, 0.15) is 19.4 Å². The van der Waals surface area contributed by atoms with Gasteiger partial charge in [-0.3, -0.25) is 4.72 Å². The van der Waals surface area contributed by atoms with Gasteiger partial charge >= 0.3 is 0 Å². The first-order valence-corrected chi connectivity index (χ1v) is 10.5. The lowest BCUT2D eigenvalue weighted by Gasteiger charge is -2.09. The van der Waals surface area contributed by atoms with Gasteiger partial charge in [-0.2, -0.15) is 0 Å². The average Bonchev–Trinajstić information content (AvgIpc) is 2.67. The predicted octanol–water partition coefficient (Wildman–Crippen LogP) is 4.29. The first kappa shape index (κ1) is 19.8. The van der Waals surface area contributed by atoms with Crippen LogP contribution in [-0.2, 0) is 10.0 Å². The van der Waals surface area contributed by atoms with Gasteiger partial charge in [0.1, 0.15) is 0 Å². The molecular formula is C21H23N3O3S. The van der Waals surface area contributed by atoms with E-state index >= 15 is 0 Å². The number of hydrogen-bond acceptors (Lipinski definition) is 5. The van der Waals surface area contributed by atoms with E-state index in [9.17, 15) is 8.42 Å². The van der Waals surface area contributed by atoms with Gasteiger partial charge in [0.2, 0.25) is 5.88 Å². The van der Waals surface area contributed by atoms with Gasteiger partial charge in [0.25, 0.3) is 10.0 Å². The Bertz CT molecular complexity index is 1010. The van der Waals surface area contributed by atoms with Crippen LogP contribution in [-0.4, -0.2) is 25.2 Å². The van der Waals surface area contributed by atoms with Gasteiger partial charge in [0.15, 0.2) is 0 Å². The summed E-state index contributed by atoms with van der Waals surface area (Å²) in [4.78, 5) is 0.227. The number of ether oxygens (including phenoxy) is 1. The molecule has 0 saturated heterocycles. The fourth-order valence-corrected chi connectivity index (χ4v) is 3.50. The number of nitrogens with one attached hydrogen (secondary N) is 1. The zero-order valence-electron chi connectivity index (χ0n) is 16.1. The topological polar surface area (TPSA) is 81.2 Å². The van der Waals surface area contributed by atoms with Crippen LogP contribution in [0.4, 0.5) is 5.69 Å². The van der Waals surface area contributed by atoms with Gasteiger partial charge in [-0.25, -0.2) is 8.42 Å². The third kappa shape index (κ3) is 5.07. The molecule has 1 aromatic heterocycles. The van der Waals surface area contributed by atoms with Crippen molar-refractivity contribution in [1.82, 2.24) is 10.2 Å². The van der Waals surface area contributed by atoms with E-state index < -0.39 is 10.0 Å². The fourth-order valence-electron chi connectivity index (χ4n) is 2.44. The third-order valence-corrected chi connectivity index (χ3v) is 5.37. The summed E-state index contributed by atoms with van der Waals surface area (Å²) in [6.07, 6.45) is 0. The van der Waals surface area contributed by atoms with Crippen LogP contribution < -0.4 is 9.46 Å². The van der Waals surface area contributed by atoms with Gasteiger partial charge in [-0.05, 0) is 43.2 Å². The van der Waals surface area contributed by atoms with E-state index in [2.05, 4.69) is 28.8 Å². The van der Waals surface area contributed by atoms with E-state index in [1.807, 2.05) is 13.0 Å². The summed E-state index contributed by atoms with van der Waals surface area (Å²) in [5.41, 5.74) is 3.00. The minimum Gasteiger partial charge on any atom is -0.476 e. The predicted molar refractivity (Wildman–Crippen MR) is 110 cm³/mol. The second-order valence-electron chi connectivity index (χ2n) is 6.96. The highest BCUT2D eigenvalue weighted by Gasteiger charge is 2.14. The number of benzene rings is 2. The molecular weight excluding hydrogens is 374 g/mol. The van der Waals surface area contributed by atoms with E-state index in [4.69, 9.17) is 4.74 Å². The summed E-state index contributed by atoms with van der Waals surface area (Å²) in [6, 6.07) is 17.3. The lowest BCUT2D eigenvalue weighted by molar-refractivity contribution is 0.258. The first-order chi connectivity index (χ1) is 13.3. The Balaban J connectivity index is 1.70. The lowest BCUT2D eigenvalue weighted by atomic mass is 10.1. The minimum atomic E-state index is -3.62. The number of sulfonamides is 1. The Kier molecular flexibility index (Phi) is 5.94. The summed E-state index contributed by atoms with van der Waals surface area (Å²) in [5.74, 6) is 0.901. The molecule has 1 N–H and O–H groups in total. The van der Waals surface area contributed by atoms with Crippen molar-refractivity contribution in [2.24, 2.45) is 5.92 Å². The summed E-state index contributed by atoms with van der Waals surface area (Å²) < 4.78 is 33.1. The van der Waals surface area contributed by atoms with Crippen LogP contribution in [0.2, 0.25) is 0 Å². The van der Waals surface area contributed by atoms with Crippen molar-refractivity contribution >= 4 is 15.7 Å². The van der Waals surface area contributed by atoms with Crippen LogP contribution >= 0.6 is 0 Å². The van der Waals surface area contributed by atoms with E-state index in [1.54, 1.807) is 54.6 Å². The Morgan fingerprint density at radius 2 is 1.61 bits per heavy atom. The molecule has 0 aliphatic carbocycles. The molecule has 0 saturated carbocycles. The van der Waals surface area contributed by atoms with E-state index in [0.717, 1.165) is 11.1 Å². The Hall–Kier alpha value is -2.93. The second-order valence-corrected chi connectivity index (χ2v) is 8.64. The largest absolute Gasteiger partial charge is 0.476 e. The SMILES string of the molecule is Cc1ccc(S(=O)(=O)Nc2ccc(-c3ccc(OCC(C)C)nn3)cc2)cc1. The molecule has 0 fully saturated rings. The summed E-state index contributed by atoms with van der Waals surface area (Å²) >= 11 is 0. The summed E-state index contributed by atoms with van der Waals surface area (Å²) in [7, 11) is -3.62. The van der Waals surface area contributed by atoms with Crippen LogP contribution in [0.25, 0.3) is 11.3 Å². The lowest BCUT2D eigenvalue weighted by Crippen LogP contribution is -2.12. The van der Waals surface area contributed by atoms with Crippen LogP contribution in [0, 0.1) is 12.8 Å². The Labute approximate surface area is 165 Å². The van der Waals surface area contributed by atoms with Crippen molar-refractivity contribution in [3.05, 3.63) is 66.2 Å². The fraction of sp³-hybridized carbons (Fsp3) is 0.238. The number of anilines is 1. The zero-order valence-corrected chi connectivity index (χ0v) is 16.9. The van der Waals surface area contributed by atoms with E-state index in [-0.39, 0.29) is 4.90 Å². The molecule has 1 heterocycles. The van der Waals surface area contributed by atoms with Crippen molar-refractivity contribution in [3.8, 4) is 17.1 Å². The van der Waals surface area contributed by atoms with Crippen LogP contribution in [0.5, 0.6) is 5.88 Å². The van der Waals surface area contributed by atoms with E-state index in [0.29, 0.717) is 29.8 Å². The highest BCUT2D eigenvalue weighted by molar-refractivity contribution is 7.92. The monoisotopic (exact) mass is 397 g/mol. The van der Waals surface area contributed by atoms with Gasteiger partial charge in [0, 0.05) is 17.3 Å². The molecule has 0 spiro atoms. The van der Waals surface area contributed by atoms with Crippen molar-refractivity contribution in [1.29, 1.82) is 0 Å². The molecule has 146 valence electrons. The Morgan fingerprint density at radius 1 is 0.929 bits per heavy atom. The molecule has 0 amide bonds. The normalized spacial score (nSPS) is 11.4. The zero-order chi connectivity index (χ0) is 20.1. The number of hydrogen-bond donors (Lipinski definition) is 1. The summed E-state index contributed by atoms with van der Waals surface area (Å²) in [6.45, 7) is 6.63. The molecule has 0 aliphatic heterocycles. The number of aryl methyl sites for hydroxylation is 1. The molecule has 0 unspecified atom stereocenters. The maximum atomic E-state index is 12.5. The molecule has 2 aromatic carbocycles. The molecule has 7 heteroatoms. The maximum Gasteiger partial charge on any atom is 0.261 e. The number of rotatable bonds is 7. The molecule has 0 atom stereocenters. The molecule has 0 bridgehead atoms. The van der Waals surface area contributed by atoms with Crippen LogP contribution in [0.3, 0.4) is 0 Å². The van der Waals surface area contributed by atoms with E-state index in [1.165, 1.54) is 0 Å². The number of nitrogens with zero attached hydrogens (tertiary/aromatic N) is 2. The molecule has 0 aliphatic rings. The van der Waals surface area contributed by atoms with Gasteiger partial charge < -0.3 is 4.74 Å². The number of aromatic nitrogens is 2. The smallest absolute Gasteiger partial charge is 0.261 e. The highest BCUT2D eigenvalue weighted by Crippen LogP contribution is 2.22. The Morgan fingerprint density at radius 3 is 2.18 bits per heavy atom. The van der Waals surface area contributed by atoms with Crippen molar-refractivity contribution < 1.29 is 13.2 Å². The highest BCUT2D eigenvalue weighted by atomic mass is 32.2. The molecule has 3 rings (SSSR count). The standard InChI is InChI=1S/C21H23N3O3S/c1-15(2)14-27-21-13-12-20(22-23-21)17-6-8-18(9-7-17)24-28(25,26)19-10-4-16(3)5-11-19/h4-13,15,24H,14H2,1-3H3. The average molecular weight is 398 g/mol. The molecule has 6 nitrogen and oxygen atoms in total. The maximum absolute atomic E-state index is 12.5. The van der Waals surface area contributed by atoms with Crippen molar-refractivity contribution in [2.45, 2.75) is 25.7 Å². The third-order valence-electron chi connectivity index (χ3n) is 3.97. The van der Waals surface area contributed by atoms with Crippen molar-refractivity contribution in [3.63, 3.8) is 0 Å². The van der Waals surface area contributed by atoms with Crippen LogP contribution in [0.15, 0.2) is 65.6 Å². The minimum absolute atomic E-state index is 0.227. The summed E-state index contributed by atoms with van der Waals surface area (Å²) in [5, 5.41) is 8.25. The van der Waals surface area contributed by atoms with Crippen molar-refractivity contribution in [2.75, 3.05) is 11.3 Å². The second kappa shape index (κ2) is 8.39. The first-order valence-electron chi connectivity index (χ1n) is 9.00. The quantitative estimate of drug-likeness (QED) is 0.643. The van der Waals surface area contributed by atoms with Gasteiger partial charge in [-0.1, -0.05) is 43.7 Å². The van der Waals surface area contributed by atoms with Gasteiger partial charge in [0.05, 0.1) is 17.2 Å². The van der Waals surface area contributed by atoms with Gasteiger partial charge in [-0.15, -0.1) is 10.2 Å². The molecule has 3 aromatic rings.